The first kappa shape index (κ1) is 25.1. The Kier molecular flexibility index (Phi) is 7.31. The Hall–Kier alpha value is -2.03. The first-order valence-corrected chi connectivity index (χ1v) is 13.2. The van der Waals surface area contributed by atoms with Gasteiger partial charge in [-0.2, -0.15) is 5.01 Å². The van der Waals surface area contributed by atoms with Crippen LogP contribution in [0.2, 0.25) is 5.02 Å². The Balaban J connectivity index is 1.74. The smallest absolute Gasteiger partial charge is 0.273 e. The molecule has 4 rings (SSSR count). The van der Waals surface area contributed by atoms with Crippen LogP contribution >= 0.6 is 43.5 Å². The molecule has 34 heavy (non-hydrogen) atoms. The molecule has 0 unspecified atom stereocenters. The van der Waals surface area contributed by atoms with E-state index < -0.39 is 35.6 Å². The number of carbonyl (C=O) groups is 4. The minimum Gasteiger partial charge on any atom is -0.292 e. The number of nitrogens with zero attached hydrogens (tertiary/aromatic N) is 2. The molecule has 1 saturated heterocycles. The topological polar surface area (TPSA) is 74.8 Å². The fourth-order valence-corrected chi connectivity index (χ4v) is 5.89. The molecule has 0 aromatic heterocycles. The minimum atomic E-state index is -1.08. The van der Waals surface area contributed by atoms with Crippen molar-refractivity contribution in [1.82, 2.24) is 10.0 Å². The molecule has 2 aromatic carbocycles. The Morgan fingerprint density at radius 2 is 1.38 bits per heavy atom. The molecule has 2 aromatic rings. The van der Waals surface area contributed by atoms with Crippen molar-refractivity contribution in [2.45, 2.75) is 42.4 Å². The molecule has 3 amide bonds. The first-order chi connectivity index (χ1) is 16.1. The van der Waals surface area contributed by atoms with Crippen molar-refractivity contribution >= 4 is 67.0 Å². The molecule has 6 nitrogen and oxygen atoms in total. The summed E-state index contributed by atoms with van der Waals surface area (Å²) in [5.74, 6) is -2.99. The highest BCUT2D eigenvalue weighted by Gasteiger charge is 2.55. The summed E-state index contributed by atoms with van der Waals surface area (Å²) >= 11 is 13.1. The monoisotopic (exact) mass is 608 g/mol. The van der Waals surface area contributed by atoms with E-state index in [1.807, 2.05) is 6.92 Å². The number of amides is 3. The fraction of sp³-hybridized carbons (Fsp3) is 0.360. The number of benzene rings is 2. The fourth-order valence-electron chi connectivity index (χ4n) is 4.52. The number of ketones is 1. The summed E-state index contributed by atoms with van der Waals surface area (Å²) in [6.45, 7) is 3.45. The van der Waals surface area contributed by atoms with Crippen molar-refractivity contribution in [3.63, 3.8) is 0 Å². The largest absolute Gasteiger partial charge is 0.292 e. The van der Waals surface area contributed by atoms with Crippen molar-refractivity contribution in [3.8, 4) is 0 Å². The van der Waals surface area contributed by atoms with Gasteiger partial charge in [0.2, 0.25) is 0 Å². The third kappa shape index (κ3) is 4.60. The number of hydrogen-bond donors (Lipinski definition) is 0. The highest BCUT2D eigenvalue weighted by molar-refractivity contribution is 9.12. The van der Waals surface area contributed by atoms with E-state index in [4.69, 9.17) is 11.6 Å². The van der Waals surface area contributed by atoms with Gasteiger partial charge >= 0.3 is 0 Å². The standard InChI is InChI=1S/C25H23Br2ClN2O4/c1-13-3-5-15(6-4-13)22(31)14(2)29(23(32)16-7-9-17(28)10-8-16)30-24(33)18-11-20(26)21(27)12-19(18)25(30)34/h3-10,14,18-21H,11-12H2,1-2H3/t14-,18-,19+,20-,21-/m0/s1. The van der Waals surface area contributed by atoms with Crippen LogP contribution in [0.1, 0.15) is 46.0 Å². The van der Waals surface area contributed by atoms with Gasteiger partial charge in [-0.15, -0.1) is 0 Å². The number of alkyl halides is 2. The third-order valence-electron chi connectivity index (χ3n) is 6.49. The molecule has 2 fully saturated rings. The van der Waals surface area contributed by atoms with Gasteiger partial charge in [-0.1, -0.05) is 73.3 Å². The molecule has 0 bridgehead atoms. The van der Waals surface area contributed by atoms with E-state index in [9.17, 15) is 19.2 Å². The van der Waals surface area contributed by atoms with Gasteiger partial charge in [0.05, 0.1) is 11.8 Å². The number of aryl methyl sites for hydroxylation is 1. The summed E-state index contributed by atoms with van der Waals surface area (Å²) in [4.78, 5) is 54.1. The molecule has 0 radical (unpaired) electrons. The van der Waals surface area contributed by atoms with Gasteiger partial charge in [-0.05, 0) is 51.0 Å². The summed E-state index contributed by atoms with van der Waals surface area (Å²) in [5, 5.41) is 2.38. The van der Waals surface area contributed by atoms with E-state index in [1.165, 1.54) is 12.1 Å². The molecule has 178 valence electrons. The molecule has 9 heteroatoms. The van der Waals surface area contributed by atoms with Crippen molar-refractivity contribution in [2.75, 3.05) is 0 Å². The maximum absolute atomic E-state index is 13.7. The van der Waals surface area contributed by atoms with Crippen LogP contribution in [0.3, 0.4) is 0 Å². The second-order valence-electron chi connectivity index (χ2n) is 8.77. The molecule has 0 spiro atoms. The zero-order valence-corrected chi connectivity index (χ0v) is 22.5. The number of hydrogen-bond acceptors (Lipinski definition) is 4. The first-order valence-electron chi connectivity index (χ1n) is 11.0. The Morgan fingerprint density at radius 3 is 1.88 bits per heavy atom. The van der Waals surface area contributed by atoms with Crippen LogP contribution in [0.5, 0.6) is 0 Å². The number of fused-ring (bicyclic) bond motifs is 1. The second kappa shape index (κ2) is 9.91. The van der Waals surface area contributed by atoms with Gasteiger partial charge < -0.3 is 0 Å². The van der Waals surface area contributed by atoms with Crippen LogP contribution in [-0.2, 0) is 9.59 Å². The second-order valence-corrected chi connectivity index (χ2v) is 11.6. The molecular weight excluding hydrogens is 588 g/mol. The normalized spacial score (nSPS) is 25.1. The van der Waals surface area contributed by atoms with Crippen LogP contribution in [0.4, 0.5) is 0 Å². The lowest BCUT2D eigenvalue weighted by atomic mass is 9.81. The predicted octanol–water partition coefficient (Wildman–Crippen LogP) is 5.20. The maximum atomic E-state index is 13.7. The summed E-state index contributed by atoms with van der Waals surface area (Å²) < 4.78 is 0. The zero-order valence-electron chi connectivity index (χ0n) is 18.6. The summed E-state index contributed by atoms with van der Waals surface area (Å²) in [7, 11) is 0. The molecule has 2 aliphatic rings. The van der Waals surface area contributed by atoms with E-state index in [2.05, 4.69) is 31.9 Å². The van der Waals surface area contributed by atoms with Gasteiger partial charge in [0, 0.05) is 25.8 Å². The average molecular weight is 611 g/mol. The number of carbonyl (C=O) groups excluding carboxylic acids is 4. The van der Waals surface area contributed by atoms with Gasteiger partial charge in [0.15, 0.2) is 5.78 Å². The zero-order chi connectivity index (χ0) is 24.7. The van der Waals surface area contributed by atoms with Crippen molar-refractivity contribution in [3.05, 3.63) is 70.2 Å². The molecule has 5 atom stereocenters. The molecular formula is C25H23Br2ClN2O4. The van der Waals surface area contributed by atoms with E-state index >= 15 is 0 Å². The summed E-state index contributed by atoms with van der Waals surface area (Å²) in [5.41, 5.74) is 1.60. The maximum Gasteiger partial charge on any atom is 0.273 e. The average Bonchev–Trinajstić information content (AvgIpc) is 3.04. The van der Waals surface area contributed by atoms with Gasteiger partial charge in [0.25, 0.3) is 17.7 Å². The van der Waals surface area contributed by atoms with Gasteiger partial charge in [0.1, 0.15) is 6.04 Å². The number of imide groups is 1. The SMILES string of the molecule is Cc1ccc(C(=O)[C@H](C)N(C(=O)c2ccc(Cl)cc2)N2C(=O)[C@H]3C[C@H](Br)[C@@H](Br)C[C@H]3C2=O)cc1. The Morgan fingerprint density at radius 1 is 0.912 bits per heavy atom. The van der Waals surface area contributed by atoms with Gasteiger partial charge in [-0.25, -0.2) is 5.01 Å². The van der Waals surface area contributed by atoms with E-state index in [0.29, 0.717) is 23.4 Å². The van der Waals surface area contributed by atoms with Crippen molar-refractivity contribution < 1.29 is 19.2 Å². The van der Waals surface area contributed by atoms with Crippen molar-refractivity contribution in [1.29, 1.82) is 0 Å². The summed E-state index contributed by atoms with van der Waals surface area (Å²) in [6.07, 6.45) is 0.926. The van der Waals surface area contributed by atoms with E-state index in [1.54, 1.807) is 43.3 Å². The lowest BCUT2D eigenvalue weighted by Crippen LogP contribution is -2.56. The Labute approximate surface area is 219 Å². The van der Waals surface area contributed by atoms with Gasteiger partial charge in [-0.3, -0.25) is 19.2 Å². The molecule has 1 saturated carbocycles. The number of Topliss-reactive ketones (excluding diaryl/α,β-unsaturated/α-hetero) is 1. The molecule has 0 N–H and O–H groups in total. The number of hydrazine groups is 1. The predicted molar refractivity (Wildman–Crippen MR) is 136 cm³/mol. The minimum absolute atomic E-state index is 0.0254. The molecule has 1 aliphatic heterocycles. The van der Waals surface area contributed by atoms with Crippen molar-refractivity contribution in [2.24, 2.45) is 11.8 Å². The van der Waals surface area contributed by atoms with Crippen LogP contribution in [0.25, 0.3) is 0 Å². The Bertz CT molecular complexity index is 1110. The van der Waals surface area contributed by atoms with E-state index in [0.717, 1.165) is 15.6 Å². The lowest BCUT2D eigenvalue weighted by molar-refractivity contribution is -0.156. The van der Waals surface area contributed by atoms with E-state index in [-0.39, 0.29) is 21.0 Å². The highest BCUT2D eigenvalue weighted by Crippen LogP contribution is 2.44. The van der Waals surface area contributed by atoms with Crippen LogP contribution in [0, 0.1) is 18.8 Å². The third-order valence-corrected chi connectivity index (χ3v) is 9.47. The molecule has 1 heterocycles. The van der Waals surface area contributed by atoms with Crippen LogP contribution in [-0.4, -0.2) is 49.2 Å². The molecule has 1 aliphatic carbocycles. The number of rotatable bonds is 5. The lowest BCUT2D eigenvalue weighted by Gasteiger charge is -2.34. The summed E-state index contributed by atoms with van der Waals surface area (Å²) in [6, 6.07) is 12.0. The highest BCUT2D eigenvalue weighted by atomic mass is 79.9. The number of halogens is 3. The van der Waals surface area contributed by atoms with Crippen LogP contribution < -0.4 is 0 Å². The quantitative estimate of drug-likeness (QED) is 0.265. The van der Waals surface area contributed by atoms with Crippen LogP contribution in [0.15, 0.2) is 48.5 Å².